The van der Waals surface area contributed by atoms with Crippen LogP contribution >= 0.6 is 11.6 Å². The zero-order valence-corrected chi connectivity index (χ0v) is 16.1. The van der Waals surface area contributed by atoms with Crippen LogP contribution in [0.2, 0.25) is 5.15 Å². The number of benzene rings is 1. The molecule has 1 aliphatic rings. The Labute approximate surface area is 164 Å². The molecular weight excluding hydrogens is 397 g/mol. The molecule has 2 atom stereocenters. The lowest BCUT2D eigenvalue weighted by molar-refractivity contribution is -0.135. The lowest BCUT2D eigenvalue weighted by Gasteiger charge is -2.20. The zero-order chi connectivity index (χ0) is 20.8. The van der Waals surface area contributed by atoms with E-state index in [1.807, 2.05) is 0 Å². The van der Waals surface area contributed by atoms with Crippen LogP contribution in [0.25, 0.3) is 0 Å². The number of alkyl halides is 2. The number of likely N-dealkylation sites (N-methyl/N-ethyl adjacent to an activating group) is 1. The zero-order valence-electron chi connectivity index (χ0n) is 15.3. The van der Waals surface area contributed by atoms with Gasteiger partial charge in [0.2, 0.25) is 11.8 Å². The molecule has 1 fully saturated rings. The Balaban J connectivity index is 1.96. The van der Waals surface area contributed by atoms with Crippen molar-refractivity contribution in [2.24, 2.45) is 13.0 Å². The van der Waals surface area contributed by atoms with Gasteiger partial charge >= 0.3 is 0 Å². The predicted molar refractivity (Wildman–Crippen MR) is 96.7 cm³/mol. The summed E-state index contributed by atoms with van der Waals surface area (Å²) in [6.45, 7) is 0.767. The first-order valence-electron chi connectivity index (χ1n) is 8.42. The number of rotatable bonds is 4. The first kappa shape index (κ1) is 20.2. The van der Waals surface area contributed by atoms with Crippen molar-refractivity contribution in [1.29, 1.82) is 0 Å². The Morgan fingerprint density at radius 3 is 2.61 bits per heavy atom. The summed E-state index contributed by atoms with van der Waals surface area (Å²) >= 11 is 5.91. The van der Waals surface area contributed by atoms with Crippen molar-refractivity contribution in [3.8, 4) is 0 Å². The molecule has 1 N–H and O–H groups in total. The van der Waals surface area contributed by atoms with Crippen molar-refractivity contribution in [1.82, 2.24) is 14.7 Å². The number of halogens is 4. The van der Waals surface area contributed by atoms with Gasteiger partial charge in [-0.05, 0) is 18.2 Å². The fourth-order valence-corrected chi connectivity index (χ4v) is 3.76. The summed E-state index contributed by atoms with van der Waals surface area (Å²) in [5.74, 6) is -7.69. The van der Waals surface area contributed by atoms with E-state index >= 15 is 0 Å². The van der Waals surface area contributed by atoms with Gasteiger partial charge in [0.15, 0.2) is 5.15 Å². The standard InChI is InChI=1S/C18H18ClF3N4O2/c1-18(21,22)15-10(20)5-4-6-11(15)23-16(27)14-9(8-25(2)17(14)28)12-7-13(19)24-26(12)3/h4-7,9,14H,8H2,1-3H3,(H,23,27)/t9-,14+/m1/s1. The molecule has 0 bridgehead atoms. The Kier molecular flexibility index (Phi) is 5.14. The highest BCUT2D eigenvalue weighted by atomic mass is 35.5. The quantitative estimate of drug-likeness (QED) is 0.782. The molecule has 0 spiro atoms. The van der Waals surface area contributed by atoms with Gasteiger partial charge in [-0.25, -0.2) is 13.2 Å². The molecular formula is C18H18ClF3N4O2. The maximum absolute atomic E-state index is 14.0. The maximum atomic E-state index is 14.0. The van der Waals surface area contributed by atoms with Crippen molar-refractivity contribution in [2.45, 2.75) is 18.8 Å². The van der Waals surface area contributed by atoms with Gasteiger partial charge in [0, 0.05) is 39.2 Å². The number of hydrogen-bond donors (Lipinski definition) is 1. The largest absolute Gasteiger partial charge is 0.344 e. The summed E-state index contributed by atoms with van der Waals surface area (Å²) in [5.41, 5.74) is -0.743. The molecule has 0 unspecified atom stereocenters. The molecule has 0 radical (unpaired) electrons. The Bertz CT molecular complexity index is 941. The third-order valence-corrected chi connectivity index (χ3v) is 4.96. The van der Waals surface area contributed by atoms with Crippen molar-refractivity contribution >= 4 is 29.1 Å². The molecule has 0 aliphatic carbocycles. The van der Waals surface area contributed by atoms with Crippen LogP contribution < -0.4 is 5.32 Å². The smallest absolute Gasteiger partial charge is 0.275 e. The maximum Gasteiger partial charge on any atom is 0.275 e. The molecule has 1 saturated heterocycles. The normalized spacial score (nSPS) is 20.0. The molecule has 0 saturated carbocycles. The summed E-state index contributed by atoms with van der Waals surface area (Å²) < 4.78 is 43.1. The molecule has 3 rings (SSSR count). The second-order valence-electron chi connectivity index (χ2n) is 6.86. The Morgan fingerprint density at radius 2 is 2.04 bits per heavy atom. The van der Waals surface area contributed by atoms with Gasteiger partial charge in [0.25, 0.3) is 5.92 Å². The van der Waals surface area contributed by atoms with Gasteiger partial charge in [-0.3, -0.25) is 14.3 Å². The molecule has 1 aromatic carbocycles. The number of anilines is 1. The van der Waals surface area contributed by atoms with E-state index in [-0.39, 0.29) is 17.4 Å². The van der Waals surface area contributed by atoms with Gasteiger partial charge in [0.05, 0.1) is 11.3 Å². The number of carbonyl (C=O) groups excluding carboxylic acids is 2. The van der Waals surface area contributed by atoms with Gasteiger partial charge in [-0.1, -0.05) is 17.7 Å². The minimum absolute atomic E-state index is 0.205. The van der Waals surface area contributed by atoms with Crippen LogP contribution in [0.1, 0.15) is 24.1 Å². The average molecular weight is 415 g/mol. The number of aryl methyl sites for hydroxylation is 1. The number of nitrogens with one attached hydrogen (secondary N) is 1. The summed E-state index contributed by atoms with van der Waals surface area (Å²) in [5, 5.41) is 6.53. The van der Waals surface area contributed by atoms with Crippen molar-refractivity contribution in [2.75, 3.05) is 18.9 Å². The lowest BCUT2D eigenvalue weighted by atomic mass is 9.91. The van der Waals surface area contributed by atoms with Gasteiger partial charge < -0.3 is 10.2 Å². The van der Waals surface area contributed by atoms with Crippen molar-refractivity contribution in [3.05, 3.63) is 46.5 Å². The highest BCUT2D eigenvalue weighted by Gasteiger charge is 2.46. The molecule has 150 valence electrons. The highest BCUT2D eigenvalue weighted by Crippen LogP contribution is 2.38. The number of aromatic nitrogens is 2. The monoisotopic (exact) mass is 414 g/mol. The first-order chi connectivity index (χ1) is 13.0. The van der Waals surface area contributed by atoms with E-state index in [0.29, 0.717) is 12.6 Å². The van der Waals surface area contributed by atoms with Crippen LogP contribution in [0.3, 0.4) is 0 Å². The van der Waals surface area contributed by atoms with Crippen LogP contribution in [0.5, 0.6) is 0 Å². The molecule has 28 heavy (non-hydrogen) atoms. The van der Waals surface area contributed by atoms with Crippen molar-refractivity contribution < 1.29 is 22.8 Å². The van der Waals surface area contributed by atoms with E-state index in [4.69, 9.17) is 11.6 Å². The van der Waals surface area contributed by atoms with E-state index in [9.17, 15) is 22.8 Å². The second-order valence-corrected chi connectivity index (χ2v) is 7.25. The highest BCUT2D eigenvalue weighted by molar-refractivity contribution is 6.29. The molecule has 2 heterocycles. The van der Waals surface area contributed by atoms with Crippen molar-refractivity contribution in [3.63, 3.8) is 0 Å². The third kappa shape index (κ3) is 3.58. The molecule has 1 aromatic heterocycles. The van der Waals surface area contributed by atoms with Gasteiger partial charge in [-0.2, -0.15) is 5.10 Å². The van der Waals surface area contributed by atoms with Crippen LogP contribution in [0, 0.1) is 11.7 Å². The Hall–Kier alpha value is -2.55. The summed E-state index contributed by atoms with van der Waals surface area (Å²) in [6, 6.07) is 4.82. The van der Waals surface area contributed by atoms with Crippen LogP contribution in [0.4, 0.5) is 18.9 Å². The number of nitrogens with zero attached hydrogens (tertiary/aromatic N) is 3. The van der Waals surface area contributed by atoms with Crippen LogP contribution in [0.15, 0.2) is 24.3 Å². The minimum Gasteiger partial charge on any atom is -0.344 e. The fourth-order valence-electron chi connectivity index (χ4n) is 3.54. The van der Waals surface area contributed by atoms with Gasteiger partial charge in [-0.15, -0.1) is 0 Å². The SMILES string of the molecule is CN1C[C@H](c2cc(Cl)nn2C)[C@@H](C(=O)Nc2cccc(F)c2C(C)(F)F)C1=O. The van der Waals surface area contributed by atoms with E-state index in [0.717, 1.165) is 6.07 Å². The number of likely N-dealkylation sites (tertiary alicyclic amines) is 1. The first-order valence-corrected chi connectivity index (χ1v) is 8.80. The molecule has 1 aliphatic heterocycles. The number of carbonyl (C=O) groups is 2. The van der Waals surface area contributed by atoms with E-state index in [1.54, 1.807) is 13.1 Å². The van der Waals surface area contributed by atoms with E-state index < -0.39 is 41.0 Å². The van der Waals surface area contributed by atoms with Crippen LogP contribution in [-0.4, -0.2) is 40.1 Å². The molecule has 6 nitrogen and oxygen atoms in total. The topological polar surface area (TPSA) is 67.2 Å². The lowest BCUT2D eigenvalue weighted by Crippen LogP contribution is -2.33. The summed E-state index contributed by atoms with van der Waals surface area (Å²) in [4.78, 5) is 26.8. The fraction of sp³-hybridized carbons (Fsp3) is 0.389. The molecule has 10 heteroatoms. The number of amides is 2. The Morgan fingerprint density at radius 1 is 1.36 bits per heavy atom. The molecule has 2 amide bonds. The minimum atomic E-state index is -3.51. The third-order valence-electron chi connectivity index (χ3n) is 4.77. The summed E-state index contributed by atoms with van der Waals surface area (Å²) in [7, 11) is 3.16. The van der Waals surface area contributed by atoms with Crippen LogP contribution in [-0.2, 0) is 22.6 Å². The summed E-state index contributed by atoms with van der Waals surface area (Å²) in [6.07, 6.45) is 0. The van der Waals surface area contributed by atoms with E-state index in [1.165, 1.54) is 28.8 Å². The second kappa shape index (κ2) is 7.12. The number of hydrogen-bond acceptors (Lipinski definition) is 3. The molecule has 2 aromatic rings. The average Bonchev–Trinajstić information content (AvgIpc) is 3.05. The van der Waals surface area contributed by atoms with E-state index in [2.05, 4.69) is 10.4 Å². The van der Waals surface area contributed by atoms with Gasteiger partial charge in [0.1, 0.15) is 11.7 Å². The predicted octanol–water partition coefficient (Wildman–Crippen LogP) is 3.13.